The molecule has 5 nitrogen and oxygen atoms in total. The number of ether oxygens (including phenoxy) is 2. The van der Waals surface area contributed by atoms with Gasteiger partial charge in [-0.1, -0.05) is 35.9 Å². The molecule has 0 spiro atoms. The summed E-state index contributed by atoms with van der Waals surface area (Å²) < 4.78 is 10.5. The number of carbonyl (C=O) groups is 2. The monoisotopic (exact) mass is 383 g/mol. The Labute approximate surface area is 166 Å². The second-order valence-electron chi connectivity index (χ2n) is 8.66. The van der Waals surface area contributed by atoms with Gasteiger partial charge in [-0.25, -0.2) is 9.59 Å². The lowest BCUT2D eigenvalue weighted by atomic mass is 9.48. The maximum atomic E-state index is 12.2. The number of hydrogen-bond acceptors (Lipinski definition) is 4. The Kier molecular flexibility index (Phi) is 5.42. The topological polar surface area (TPSA) is 64.6 Å². The number of benzene rings is 1. The molecule has 1 aromatic rings. The maximum absolute atomic E-state index is 12.2. The highest BCUT2D eigenvalue weighted by molar-refractivity contribution is 5.83. The fourth-order valence-corrected chi connectivity index (χ4v) is 5.79. The van der Waals surface area contributed by atoms with Gasteiger partial charge in [0.25, 0.3) is 0 Å². The zero-order chi connectivity index (χ0) is 19.6. The van der Waals surface area contributed by atoms with Crippen molar-refractivity contribution in [3.63, 3.8) is 0 Å². The third-order valence-corrected chi connectivity index (χ3v) is 6.65. The number of rotatable bonds is 6. The van der Waals surface area contributed by atoms with Crippen LogP contribution in [0.15, 0.2) is 42.0 Å². The van der Waals surface area contributed by atoms with Gasteiger partial charge in [-0.3, -0.25) is 0 Å². The fraction of sp³-hybridized carbons (Fsp3) is 0.565. The Morgan fingerprint density at radius 1 is 1.11 bits per heavy atom. The van der Waals surface area contributed by atoms with Crippen LogP contribution in [0.1, 0.15) is 44.6 Å². The summed E-state index contributed by atoms with van der Waals surface area (Å²) in [6.07, 6.45) is 7.01. The lowest BCUT2D eigenvalue weighted by Crippen LogP contribution is -2.52. The third-order valence-electron chi connectivity index (χ3n) is 6.65. The molecular weight excluding hydrogens is 354 g/mol. The number of carbonyl (C=O) groups excluding carboxylic acids is 2. The Morgan fingerprint density at radius 3 is 2.50 bits per heavy atom. The molecule has 0 aromatic heterocycles. The van der Waals surface area contributed by atoms with Crippen molar-refractivity contribution >= 4 is 12.1 Å². The van der Waals surface area contributed by atoms with Crippen molar-refractivity contribution in [2.75, 3.05) is 13.2 Å². The molecule has 150 valence electrons. The van der Waals surface area contributed by atoms with Crippen LogP contribution in [0, 0.1) is 23.2 Å². The zero-order valence-corrected chi connectivity index (χ0v) is 16.5. The van der Waals surface area contributed by atoms with E-state index in [1.807, 2.05) is 37.3 Å². The van der Waals surface area contributed by atoms with E-state index >= 15 is 0 Å². The minimum absolute atomic E-state index is 0.147. The lowest BCUT2D eigenvalue weighted by molar-refractivity contribution is -0.137. The highest BCUT2D eigenvalue weighted by atomic mass is 16.5. The SMILES string of the molecule is CCOC(=O)/C=C1/[C@@H]2CC3C[C@H]1C[C@](CNC(=O)OCc1ccccc1)(C3)C2. The molecule has 4 bridgehead atoms. The molecule has 0 radical (unpaired) electrons. The quantitative estimate of drug-likeness (QED) is 0.590. The van der Waals surface area contributed by atoms with E-state index in [0.29, 0.717) is 37.5 Å². The largest absolute Gasteiger partial charge is 0.463 e. The van der Waals surface area contributed by atoms with Gasteiger partial charge in [0.15, 0.2) is 0 Å². The molecule has 5 rings (SSSR count). The van der Waals surface area contributed by atoms with Gasteiger partial charge in [-0.05, 0) is 67.8 Å². The van der Waals surface area contributed by atoms with E-state index in [2.05, 4.69) is 5.32 Å². The van der Waals surface area contributed by atoms with Gasteiger partial charge in [-0.2, -0.15) is 0 Å². The van der Waals surface area contributed by atoms with E-state index in [1.165, 1.54) is 24.8 Å². The van der Waals surface area contributed by atoms with Crippen LogP contribution in [-0.4, -0.2) is 25.2 Å². The summed E-state index contributed by atoms with van der Waals surface area (Å²) in [6, 6.07) is 9.72. The molecule has 4 fully saturated rings. The van der Waals surface area contributed by atoms with E-state index in [4.69, 9.17) is 9.47 Å². The van der Waals surface area contributed by atoms with E-state index < -0.39 is 0 Å². The van der Waals surface area contributed by atoms with Crippen LogP contribution in [0.3, 0.4) is 0 Å². The summed E-state index contributed by atoms with van der Waals surface area (Å²) in [5, 5.41) is 3.01. The molecule has 0 aliphatic heterocycles. The lowest BCUT2D eigenvalue weighted by Gasteiger charge is -2.58. The van der Waals surface area contributed by atoms with Crippen molar-refractivity contribution < 1.29 is 19.1 Å². The van der Waals surface area contributed by atoms with Crippen molar-refractivity contribution in [2.45, 2.75) is 45.6 Å². The summed E-state index contributed by atoms with van der Waals surface area (Å²) in [7, 11) is 0. The van der Waals surface area contributed by atoms with E-state index in [-0.39, 0.29) is 17.5 Å². The Bertz CT molecular complexity index is 739. The van der Waals surface area contributed by atoms with Gasteiger partial charge >= 0.3 is 12.1 Å². The van der Waals surface area contributed by atoms with Crippen molar-refractivity contribution in [1.29, 1.82) is 0 Å². The van der Waals surface area contributed by atoms with Crippen LogP contribution >= 0.6 is 0 Å². The standard InChI is InChI=1S/C23H29NO4/c1-2-27-21(25)10-20-18-8-17-9-19(20)13-23(11-17,12-18)15-24-22(26)28-14-16-6-4-3-5-7-16/h3-7,10,17-19H,2,8-9,11-15H2,1H3,(H,24,26)/b20-10-/t17?,18-,19+,23+/m1/s1. The summed E-state index contributed by atoms with van der Waals surface area (Å²) >= 11 is 0. The number of esters is 1. The summed E-state index contributed by atoms with van der Waals surface area (Å²) in [6.45, 7) is 3.21. The molecule has 1 amide bonds. The molecule has 28 heavy (non-hydrogen) atoms. The molecular formula is C23H29NO4. The number of nitrogens with one attached hydrogen (secondary N) is 1. The van der Waals surface area contributed by atoms with E-state index in [0.717, 1.165) is 18.4 Å². The predicted molar refractivity (Wildman–Crippen MR) is 105 cm³/mol. The van der Waals surface area contributed by atoms with Gasteiger partial charge in [0.1, 0.15) is 6.61 Å². The first kappa shape index (κ1) is 19.0. The smallest absolute Gasteiger partial charge is 0.407 e. The average molecular weight is 383 g/mol. The zero-order valence-electron chi connectivity index (χ0n) is 16.5. The molecule has 4 aliphatic rings. The van der Waals surface area contributed by atoms with Crippen molar-refractivity contribution in [3.05, 3.63) is 47.5 Å². The van der Waals surface area contributed by atoms with Crippen molar-refractivity contribution in [2.24, 2.45) is 23.2 Å². The second-order valence-corrected chi connectivity index (χ2v) is 8.66. The van der Waals surface area contributed by atoms with E-state index in [1.54, 1.807) is 6.08 Å². The van der Waals surface area contributed by atoms with Crippen LogP contribution in [-0.2, 0) is 20.9 Å². The first-order valence-corrected chi connectivity index (χ1v) is 10.4. The second kappa shape index (κ2) is 7.98. The molecule has 4 saturated carbocycles. The molecule has 1 N–H and O–H groups in total. The van der Waals surface area contributed by atoms with Gasteiger partial charge in [0.05, 0.1) is 6.61 Å². The minimum atomic E-state index is -0.345. The Morgan fingerprint density at radius 2 is 1.82 bits per heavy atom. The number of hydrogen-bond donors (Lipinski definition) is 1. The molecule has 0 heterocycles. The Balaban J connectivity index is 1.34. The highest BCUT2D eigenvalue weighted by Gasteiger charge is 2.53. The van der Waals surface area contributed by atoms with Crippen LogP contribution < -0.4 is 5.32 Å². The summed E-state index contributed by atoms with van der Waals surface area (Å²) in [5.74, 6) is 1.41. The number of alkyl carbamates (subject to hydrolysis) is 1. The highest BCUT2D eigenvalue weighted by Crippen LogP contribution is 2.61. The van der Waals surface area contributed by atoms with Gasteiger partial charge in [0, 0.05) is 12.6 Å². The normalized spacial score (nSPS) is 31.6. The average Bonchev–Trinajstić information content (AvgIpc) is 2.68. The molecule has 4 aliphatic carbocycles. The number of amides is 1. The van der Waals surface area contributed by atoms with Crippen LogP contribution in [0.25, 0.3) is 0 Å². The summed E-state index contributed by atoms with van der Waals surface area (Å²) in [5.41, 5.74) is 2.42. The van der Waals surface area contributed by atoms with Crippen molar-refractivity contribution in [3.8, 4) is 0 Å². The van der Waals surface area contributed by atoms with E-state index in [9.17, 15) is 9.59 Å². The van der Waals surface area contributed by atoms with Gasteiger partial charge in [-0.15, -0.1) is 0 Å². The van der Waals surface area contributed by atoms with Gasteiger partial charge in [0.2, 0.25) is 0 Å². The van der Waals surface area contributed by atoms with Crippen LogP contribution in [0.2, 0.25) is 0 Å². The third kappa shape index (κ3) is 4.08. The first-order valence-electron chi connectivity index (χ1n) is 10.4. The van der Waals surface area contributed by atoms with Crippen LogP contribution in [0.5, 0.6) is 0 Å². The summed E-state index contributed by atoms with van der Waals surface area (Å²) in [4.78, 5) is 24.1. The first-order chi connectivity index (χ1) is 13.6. The van der Waals surface area contributed by atoms with Crippen LogP contribution in [0.4, 0.5) is 4.79 Å². The molecule has 5 heteroatoms. The molecule has 4 atom stereocenters. The van der Waals surface area contributed by atoms with Gasteiger partial charge < -0.3 is 14.8 Å². The molecule has 1 aromatic carbocycles. The minimum Gasteiger partial charge on any atom is -0.463 e. The Hall–Kier alpha value is -2.30. The predicted octanol–water partition coefficient (Wildman–Crippen LogP) is 4.23. The van der Waals surface area contributed by atoms with Crippen molar-refractivity contribution in [1.82, 2.24) is 5.32 Å². The fourth-order valence-electron chi connectivity index (χ4n) is 5.79. The maximum Gasteiger partial charge on any atom is 0.407 e. The molecule has 1 unspecified atom stereocenters. The molecule has 0 saturated heterocycles. The number of allylic oxidation sites excluding steroid dienone is 1.